The maximum atomic E-state index is 16.0. The van der Waals surface area contributed by atoms with Gasteiger partial charge in [0.05, 0.1) is 12.2 Å². The largest absolute Gasteiger partial charge is 0.416 e. The van der Waals surface area contributed by atoms with E-state index in [1.54, 1.807) is 12.1 Å². The third-order valence-electron chi connectivity index (χ3n) is 8.41. The van der Waals surface area contributed by atoms with Gasteiger partial charge in [0.25, 0.3) is 0 Å². The molecule has 8 heteroatoms. The lowest BCUT2D eigenvalue weighted by Crippen LogP contribution is -2.43. The topological polar surface area (TPSA) is 53.4 Å². The molecule has 2 aliphatic rings. The Morgan fingerprint density at radius 3 is 2.20 bits per heavy atom. The molecule has 0 aliphatic heterocycles. The third kappa shape index (κ3) is 5.53. The van der Waals surface area contributed by atoms with Crippen LogP contribution in [0.5, 0.6) is 0 Å². The molecule has 1 heterocycles. The molecule has 0 amide bonds. The van der Waals surface area contributed by atoms with Gasteiger partial charge in [-0.2, -0.15) is 13.2 Å². The monoisotopic (exact) mass is 559 g/mol. The van der Waals surface area contributed by atoms with Gasteiger partial charge in [0.1, 0.15) is 17.6 Å². The molecule has 2 unspecified atom stereocenters. The molecule has 0 radical (unpaired) electrons. The van der Waals surface area contributed by atoms with E-state index < -0.39 is 35.9 Å². The summed E-state index contributed by atoms with van der Waals surface area (Å²) in [7, 11) is 0. The van der Waals surface area contributed by atoms with Gasteiger partial charge in [0.15, 0.2) is 0 Å². The molecule has 3 aromatic rings. The normalized spacial score (nSPS) is 21.8. The van der Waals surface area contributed by atoms with Crippen molar-refractivity contribution in [2.75, 3.05) is 6.61 Å². The quantitative estimate of drug-likeness (QED) is 0.301. The third-order valence-corrected chi connectivity index (χ3v) is 8.41. The molecule has 2 aliphatic carbocycles. The first-order valence-electron chi connectivity index (χ1n) is 13.8. The van der Waals surface area contributed by atoms with Crippen molar-refractivity contribution in [3.05, 3.63) is 88.0 Å². The Labute approximate surface area is 231 Å². The van der Waals surface area contributed by atoms with Crippen LogP contribution >= 0.6 is 0 Å². The molecule has 0 saturated heterocycles. The van der Waals surface area contributed by atoms with E-state index in [-0.39, 0.29) is 29.7 Å². The van der Waals surface area contributed by atoms with E-state index in [1.165, 1.54) is 12.1 Å². The smallest absolute Gasteiger partial charge is 0.393 e. The number of nitrogens with zero attached hydrogens (tertiary/aromatic N) is 1. The van der Waals surface area contributed by atoms with Crippen molar-refractivity contribution in [2.45, 2.75) is 82.7 Å². The number of alkyl halides is 4. The Morgan fingerprint density at radius 1 is 1.00 bits per heavy atom. The number of aliphatic hydroxyl groups excluding tert-OH is 1. The molecule has 0 spiro atoms. The van der Waals surface area contributed by atoms with E-state index in [9.17, 15) is 27.8 Å². The average molecular weight is 560 g/mol. The van der Waals surface area contributed by atoms with E-state index in [2.05, 4.69) is 0 Å². The van der Waals surface area contributed by atoms with Crippen molar-refractivity contribution in [3.8, 4) is 11.1 Å². The Bertz CT molecular complexity index is 1360. The maximum Gasteiger partial charge on any atom is 0.416 e. The van der Waals surface area contributed by atoms with Crippen molar-refractivity contribution in [1.82, 2.24) is 4.98 Å². The van der Waals surface area contributed by atoms with Gasteiger partial charge in [-0.1, -0.05) is 51.0 Å². The van der Waals surface area contributed by atoms with Gasteiger partial charge >= 0.3 is 6.18 Å². The predicted octanol–water partition coefficient (Wildman–Crippen LogP) is 7.97. The average Bonchev–Trinajstić information content (AvgIpc) is 3.43. The number of hydrogen-bond donors (Lipinski definition) is 2. The van der Waals surface area contributed by atoms with Crippen LogP contribution in [0.3, 0.4) is 0 Å². The Hall–Kier alpha value is -2.84. The maximum absolute atomic E-state index is 16.0. The van der Waals surface area contributed by atoms with E-state index in [1.807, 2.05) is 13.8 Å². The van der Waals surface area contributed by atoms with Gasteiger partial charge in [-0.05, 0) is 77.6 Å². The van der Waals surface area contributed by atoms with E-state index in [0.717, 1.165) is 55.6 Å². The number of fused-ring (bicyclic) bond motifs is 1. The second-order valence-corrected chi connectivity index (χ2v) is 12.2. The minimum absolute atomic E-state index is 0.0616. The summed E-state index contributed by atoms with van der Waals surface area (Å²) < 4.78 is 69.3. The van der Waals surface area contributed by atoms with Crippen LogP contribution in [0.4, 0.5) is 22.0 Å². The van der Waals surface area contributed by atoms with Gasteiger partial charge in [0, 0.05) is 29.3 Å². The highest BCUT2D eigenvalue weighted by Gasteiger charge is 2.46. The summed E-state index contributed by atoms with van der Waals surface area (Å²) in [4.78, 5) is 5.07. The summed E-state index contributed by atoms with van der Waals surface area (Å²) >= 11 is 0. The van der Waals surface area contributed by atoms with E-state index in [0.29, 0.717) is 34.4 Å². The van der Waals surface area contributed by atoms with Crippen LogP contribution in [-0.2, 0) is 24.6 Å². The molecule has 5 rings (SSSR count). The summed E-state index contributed by atoms with van der Waals surface area (Å²) in [5.41, 5.74) is 0.680. The van der Waals surface area contributed by atoms with Gasteiger partial charge in [0.2, 0.25) is 0 Å². The number of aromatic nitrogens is 1. The summed E-state index contributed by atoms with van der Waals surface area (Å²) in [6.45, 7) is 3.43. The zero-order valence-electron chi connectivity index (χ0n) is 22.7. The van der Waals surface area contributed by atoms with Crippen molar-refractivity contribution < 1.29 is 32.2 Å². The second kappa shape index (κ2) is 10.5. The first-order chi connectivity index (χ1) is 18.8. The lowest BCUT2D eigenvalue weighted by Gasteiger charge is -2.43. The number of halogens is 5. The lowest BCUT2D eigenvalue weighted by atomic mass is 9.66. The SMILES string of the molecule is CC1(C)Cc2nc(C3CCCC3)c(CC(F)c3ccc(C(F)(F)F)cc3)c(-c3ccc(F)cc3)c2C(O)(CO)C1. The number of rotatable bonds is 6. The fourth-order valence-electron chi connectivity index (χ4n) is 6.71. The minimum atomic E-state index is -4.53. The standard InChI is InChI=1S/C32H34F5NO2/c1-30(2)16-26-28(31(40,17-30)18-39)27(20-9-13-23(33)14-10-20)24(29(38-26)21-5-3-4-6-21)15-25(34)19-7-11-22(12-8-19)32(35,36)37/h7-14,21,25,39-40H,3-6,15-18H2,1-2H3. The van der Waals surface area contributed by atoms with Crippen molar-refractivity contribution >= 4 is 0 Å². The van der Waals surface area contributed by atoms with Crippen molar-refractivity contribution in [3.63, 3.8) is 0 Å². The van der Waals surface area contributed by atoms with Gasteiger partial charge in [-0.3, -0.25) is 4.98 Å². The van der Waals surface area contributed by atoms with Gasteiger partial charge < -0.3 is 10.2 Å². The van der Waals surface area contributed by atoms with Gasteiger partial charge in [-0.25, -0.2) is 8.78 Å². The zero-order chi connectivity index (χ0) is 28.9. The first-order valence-corrected chi connectivity index (χ1v) is 13.8. The van der Waals surface area contributed by atoms with E-state index >= 15 is 4.39 Å². The van der Waals surface area contributed by atoms with Crippen LogP contribution in [-0.4, -0.2) is 21.8 Å². The van der Waals surface area contributed by atoms with Crippen LogP contribution in [0, 0.1) is 11.2 Å². The highest BCUT2D eigenvalue weighted by molar-refractivity contribution is 5.75. The Kier molecular flexibility index (Phi) is 7.55. The molecular weight excluding hydrogens is 525 g/mol. The van der Waals surface area contributed by atoms with Crippen molar-refractivity contribution in [1.29, 1.82) is 0 Å². The van der Waals surface area contributed by atoms with Crippen LogP contribution in [0.1, 0.15) is 91.7 Å². The molecule has 1 aromatic heterocycles. The fourth-order valence-corrected chi connectivity index (χ4v) is 6.71. The van der Waals surface area contributed by atoms with E-state index in [4.69, 9.17) is 4.98 Å². The lowest BCUT2D eigenvalue weighted by molar-refractivity contribution is -0.137. The summed E-state index contributed by atoms with van der Waals surface area (Å²) in [6, 6.07) is 9.81. The van der Waals surface area contributed by atoms with Crippen LogP contribution in [0.15, 0.2) is 48.5 Å². The Balaban J connectivity index is 1.73. The molecule has 1 fully saturated rings. The first kappa shape index (κ1) is 28.7. The van der Waals surface area contributed by atoms with Crippen LogP contribution in [0.2, 0.25) is 0 Å². The number of benzene rings is 2. The molecule has 40 heavy (non-hydrogen) atoms. The fraction of sp³-hybridized carbons (Fsp3) is 0.469. The predicted molar refractivity (Wildman–Crippen MR) is 143 cm³/mol. The number of aliphatic hydroxyl groups is 2. The second-order valence-electron chi connectivity index (χ2n) is 12.2. The van der Waals surface area contributed by atoms with Crippen LogP contribution < -0.4 is 0 Å². The molecule has 2 atom stereocenters. The highest BCUT2D eigenvalue weighted by atomic mass is 19.4. The minimum Gasteiger partial charge on any atom is -0.393 e. The molecule has 3 nitrogen and oxygen atoms in total. The zero-order valence-corrected chi connectivity index (χ0v) is 22.7. The summed E-state index contributed by atoms with van der Waals surface area (Å²) in [5, 5.41) is 22.3. The molecular formula is C32H34F5NO2. The summed E-state index contributed by atoms with van der Waals surface area (Å²) in [6.07, 6.45) is -1.84. The Morgan fingerprint density at radius 2 is 1.62 bits per heavy atom. The number of hydrogen-bond acceptors (Lipinski definition) is 3. The van der Waals surface area contributed by atoms with Crippen LogP contribution in [0.25, 0.3) is 11.1 Å². The molecule has 0 bridgehead atoms. The number of pyridine rings is 1. The molecule has 2 N–H and O–H groups in total. The van der Waals surface area contributed by atoms with Crippen molar-refractivity contribution in [2.24, 2.45) is 5.41 Å². The summed E-state index contributed by atoms with van der Waals surface area (Å²) in [5.74, 6) is -0.387. The van der Waals surface area contributed by atoms with Gasteiger partial charge in [-0.15, -0.1) is 0 Å². The molecule has 2 aromatic carbocycles. The highest BCUT2D eigenvalue weighted by Crippen LogP contribution is 2.51. The molecule has 214 valence electrons. The molecule has 1 saturated carbocycles.